The van der Waals surface area contributed by atoms with E-state index in [0.29, 0.717) is 22.2 Å². The summed E-state index contributed by atoms with van der Waals surface area (Å²) in [5.41, 5.74) is 0.885. The largest absolute Gasteiger partial charge is 0.486 e. The molecule has 0 spiro atoms. The number of hydrogen-bond donors (Lipinski definition) is 2. The fourth-order valence-electron chi connectivity index (χ4n) is 5.03. The summed E-state index contributed by atoms with van der Waals surface area (Å²) in [4.78, 5) is 16.8. The van der Waals surface area contributed by atoms with Crippen LogP contribution >= 0.6 is 0 Å². The highest BCUT2D eigenvalue weighted by Gasteiger charge is 2.47. The molecule has 0 aliphatic carbocycles. The van der Waals surface area contributed by atoms with Gasteiger partial charge in [-0.1, -0.05) is 12.1 Å². The predicted octanol–water partition coefficient (Wildman–Crippen LogP) is 4.44. The molecule has 0 saturated carbocycles. The van der Waals surface area contributed by atoms with E-state index in [9.17, 15) is 22.4 Å². The highest BCUT2D eigenvalue weighted by Crippen LogP contribution is 2.40. The number of ether oxygens (including phenoxy) is 2. The van der Waals surface area contributed by atoms with Crippen molar-refractivity contribution in [1.29, 1.82) is 0 Å². The van der Waals surface area contributed by atoms with E-state index in [1.807, 2.05) is 0 Å². The molecule has 0 bridgehead atoms. The molecule has 2 N–H and O–H groups in total. The smallest absolute Gasteiger partial charge is 0.408 e. The Morgan fingerprint density at radius 1 is 1.23 bits per heavy atom. The van der Waals surface area contributed by atoms with Gasteiger partial charge in [0.25, 0.3) is 0 Å². The second-order valence-electron chi connectivity index (χ2n) is 9.64. The summed E-state index contributed by atoms with van der Waals surface area (Å²) >= 11 is 0. The number of pyridine rings is 2. The Kier molecular flexibility index (Phi) is 7.47. The molecule has 4 heterocycles. The average molecular weight is 563 g/mol. The molecule has 3 atom stereocenters. The maximum absolute atomic E-state index is 14.3. The van der Waals surface area contributed by atoms with E-state index >= 15 is 0 Å². The molecule has 14 heteroatoms. The zero-order valence-corrected chi connectivity index (χ0v) is 21.5. The van der Waals surface area contributed by atoms with Gasteiger partial charge in [0.05, 0.1) is 6.61 Å². The number of rotatable bonds is 8. The van der Waals surface area contributed by atoms with Crippen LogP contribution in [0.1, 0.15) is 24.9 Å². The van der Waals surface area contributed by atoms with Gasteiger partial charge in [-0.3, -0.25) is 9.30 Å². The Morgan fingerprint density at radius 3 is 2.75 bits per heavy atom. The fraction of sp³-hybridized carbons (Fsp3) is 0.385. The van der Waals surface area contributed by atoms with Gasteiger partial charge in [-0.2, -0.15) is 13.2 Å². The maximum atomic E-state index is 14.3. The zero-order chi connectivity index (χ0) is 28.6. The molecule has 0 radical (unpaired) electrons. The molecule has 1 aliphatic heterocycles. The van der Waals surface area contributed by atoms with Crippen molar-refractivity contribution in [2.45, 2.75) is 37.7 Å². The number of carbonyl (C=O) groups is 1. The number of carboxylic acid groups (broad SMARTS) is 1. The number of halogens is 4. The standard InChI is InChI=1S/C26H26F4N6O4/c1-14(13-39-2)40-20-10-17(27)9-15-3-5-19(32-22(15)20)24-34-33-21-6-4-16(11-36(21)24)23(26(28,29)30)35-8-7-18(12-35)31-25(37)38/h3-6,9-11,14,18,23,31H,7-8,12-13H2,1-2H3,(H,37,38)/t14-,18+,23-/m1/s1. The number of amides is 1. The Bertz CT molecular complexity index is 1550. The van der Waals surface area contributed by atoms with E-state index in [2.05, 4.69) is 20.5 Å². The maximum Gasteiger partial charge on any atom is 0.408 e. The average Bonchev–Trinajstić information content (AvgIpc) is 3.49. The number of aromatic nitrogens is 4. The molecule has 1 aromatic carbocycles. The van der Waals surface area contributed by atoms with Crippen molar-refractivity contribution in [2.75, 3.05) is 26.8 Å². The second-order valence-corrected chi connectivity index (χ2v) is 9.64. The first-order valence-electron chi connectivity index (χ1n) is 12.4. The molecule has 3 aromatic heterocycles. The highest BCUT2D eigenvalue weighted by molar-refractivity contribution is 5.86. The van der Waals surface area contributed by atoms with Crippen LogP contribution in [0.5, 0.6) is 5.75 Å². The van der Waals surface area contributed by atoms with Gasteiger partial charge in [-0.05, 0) is 37.1 Å². The molecular weight excluding hydrogens is 536 g/mol. The van der Waals surface area contributed by atoms with Gasteiger partial charge >= 0.3 is 12.3 Å². The van der Waals surface area contributed by atoms with Gasteiger partial charge < -0.3 is 19.9 Å². The number of alkyl halides is 3. The van der Waals surface area contributed by atoms with Crippen molar-refractivity contribution < 1.29 is 36.9 Å². The van der Waals surface area contributed by atoms with Crippen molar-refractivity contribution in [3.63, 3.8) is 0 Å². The van der Waals surface area contributed by atoms with Crippen LogP contribution in [-0.2, 0) is 4.74 Å². The Balaban J connectivity index is 1.54. The lowest BCUT2D eigenvalue weighted by atomic mass is 10.1. The summed E-state index contributed by atoms with van der Waals surface area (Å²) in [7, 11) is 1.52. The molecular formula is C26H26F4N6O4. The first-order chi connectivity index (χ1) is 19.0. The molecule has 1 amide bonds. The van der Waals surface area contributed by atoms with Crippen molar-refractivity contribution in [2.24, 2.45) is 0 Å². The van der Waals surface area contributed by atoms with E-state index in [1.54, 1.807) is 19.1 Å². The van der Waals surface area contributed by atoms with Gasteiger partial charge in [0.15, 0.2) is 11.5 Å². The fourth-order valence-corrected chi connectivity index (χ4v) is 5.03. The minimum absolute atomic E-state index is 0.0581. The molecule has 40 heavy (non-hydrogen) atoms. The summed E-state index contributed by atoms with van der Waals surface area (Å²) in [6.45, 7) is 2.00. The lowest BCUT2D eigenvalue weighted by Crippen LogP contribution is -2.40. The van der Waals surface area contributed by atoms with Crippen molar-refractivity contribution >= 4 is 22.6 Å². The Labute approximate surface area is 225 Å². The first-order valence-corrected chi connectivity index (χ1v) is 12.4. The number of nitrogens with one attached hydrogen (secondary N) is 1. The molecule has 1 saturated heterocycles. The van der Waals surface area contributed by atoms with Gasteiger partial charge in [-0.25, -0.2) is 14.2 Å². The third kappa shape index (κ3) is 5.63. The SMILES string of the molecule is COC[C@@H](C)Oc1cc(F)cc2ccc(-c3nnc4ccc([C@@H](N5CC[C@H](NC(=O)O)C5)C(F)(F)F)cn34)nc12. The van der Waals surface area contributed by atoms with Crippen LogP contribution in [0.15, 0.2) is 42.6 Å². The van der Waals surface area contributed by atoms with Crippen LogP contribution in [0.2, 0.25) is 0 Å². The third-order valence-electron chi connectivity index (χ3n) is 6.64. The summed E-state index contributed by atoms with van der Waals surface area (Å²) in [5.74, 6) is -0.140. The quantitative estimate of drug-likeness (QED) is 0.303. The van der Waals surface area contributed by atoms with Crippen LogP contribution in [0.4, 0.5) is 22.4 Å². The number of benzene rings is 1. The number of hydrogen-bond acceptors (Lipinski definition) is 7. The minimum atomic E-state index is -4.63. The van der Waals surface area contributed by atoms with E-state index in [0.717, 1.165) is 0 Å². The number of fused-ring (bicyclic) bond motifs is 2. The first kappa shape index (κ1) is 27.5. The Hall–Kier alpha value is -4.04. The summed E-state index contributed by atoms with van der Waals surface area (Å²) in [6.07, 6.45) is -4.73. The number of methoxy groups -OCH3 is 1. The third-order valence-corrected chi connectivity index (χ3v) is 6.64. The topological polar surface area (TPSA) is 114 Å². The van der Waals surface area contributed by atoms with Crippen molar-refractivity contribution in [3.05, 3.63) is 54.0 Å². The predicted molar refractivity (Wildman–Crippen MR) is 136 cm³/mol. The summed E-state index contributed by atoms with van der Waals surface area (Å²) in [5, 5.41) is 19.9. The van der Waals surface area contributed by atoms with Crippen LogP contribution < -0.4 is 10.1 Å². The normalized spacial score (nSPS) is 17.8. The minimum Gasteiger partial charge on any atom is -0.486 e. The summed E-state index contributed by atoms with van der Waals surface area (Å²) in [6, 6.07) is 5.91. The molecule has 212 valence electrons. The number of likely N-dealkylation sites (tertiary alicyclic amines) is 1. The van der Waals surface area contributed by atoms with Crippen LogP contribution in [-0.4, -0.2) is 80.8 Å². The van der Waals surface area contributed by atoms with Crippen LogP contribution in [0.25, 0.3) is 28.1 Å². The van der Waals surface area contributed by atoms with Gasteiger partial charge in [0.2, 0.25) is 0 Å². The van der Waals surface area contributed by atoms with E-state index in [1.165, 1.54) is 46.9 Å². The second kappa shape index (κ2) is 10.8. The highest BCUT2D eigenvalue weighted by atomic mass is 19.4. The molecule has 10 nitrogen and oxygen atoms in total. The van der Waals surface area contributed by atoms with Gasteiger partial charge in [-0.15, -0.1) is 10.2 Å². The van der Waals surface area contributed by atoms with Crippen molar-refractivity contribution in [1.82, 2.24) is 29.8 Å². The van der Waals surface area contributed by atoms with Crippen molar-refractivity contribution in [3.8, 4) is 17.3 Å². The number of nitrogens with zero attached hydrogens (tertiary/aromatic N) is 5. The molecule has 4 aromatic rings. The molecule has 1 aliphatic rings. The van der Waals surface area contributed by atoms with E-state index in [-0.39, 0.29) is 43.3 Å². The molecule has 1 fully saturated rings. The van der Waals surface area contributed by atoms with E-state index < -0.39 is 36.3 Å². The van der Waals surface area contributed by atoms with Gasteiger partial charge in [0, 0.05) is 43.9 Å². The lowest BCUT2D eigenvalue weighted by Gasteiger charge is -2.30. The zero-order valence-electron chi connectivity index (χ0n) is 21.5. The van der Waals surface area contributed by atoms with Crippen LogP contribution in [0, 0.1) is 5.82 Å². The van der Waals surface area contributed by atoms with Gasteiger partial charge in [0.1, 0.15) is 34.9 Å². The van der Waals surface area contributed by atoms with Crippen LogP contribution in [0.3, 0.4) is 0 Å². The molecule has 0 unspecified atom stereocenters. The molecule has 5 rings (SSSR count). The Morgan fingerprint density at radius 2 is 2.02 bits per heavy atom. The summed E-state index contributed by atoms with van der Waals surface area (Å²) < 4.78 is 69.6. The monoisotopic (exact) mass is 562 g/mol. The van der Waals surface area contributed by atoms with E-state index in [4.69, 9.17) is 14.6 Å². The lowest BCUT2D eigenvalue weighted by molar-refractivity contribution is -0.184.